The minimum Gasteiger partial charge on any atom is -0.507 e. The molecule has 1 aromatic carbocycles. The van der Waals surface area contributed by atoms with Crippen LogP contribution in [0.25, 0.3) is 22.0 Å². The molecule has 6 nitrogen and oxygen atoms in total. The van der Waals surface area contributed by atoms with Crippen LogP contribution in [0, 0.1) is 0 Å². The summed E-state index contributed by atoms with van der Waals surface area (Å²) in [7, 11) is 0. The van der Waals surface area contributed by atoms with Crippen LogP contribution >= 0.6 is 11.6 Å². The number of halogens is 1. The van der Waals surface area contributed by atoms with Gasteiger partial charge >= 0.3 is 0 Å². The van der Waals surface area contributed by atoms with Gasteiger partial charge in [0, 0.05) is 39.8 Å². The zero-order chi connectivity index (χ0) is 17.6. The minimum atomic E-state index is -0.617. The maximum atomic E-state index is 10.2. The molecule has 0 unspecified atom stereocenters. The molecule has 0 spiro atoms. The molecule has 1 aliphatic carbocycles. The van der Waals surface area contributed by atoms with Crippen molar-refractivity contribution < 1.29 is 10.2 Å². The van der Waals surface area contributed by atoms with Gasteiger partial charge in [0.2, 0.25) is 0 Å². The monoisotopic (exact) mass is 356 g/mol. The van der Waals surface area contributed by atoms with Crippen LogP contribution < -0.4 is 5.32 Å². The molecule has 3 aromatic rings. The Bertz CT molecular complexity index is 953. The average molecular weight is 357 g/mol. The fourth-order valence-corrected chi connectivity index (χ4v) is 3.47. The predicted octanol–water partition coefficient (Wildman–Crippen LogP) is 3.38. The number of rotatable bonds is 3. The zero-order valence-corrected chi connectivity index (χ0v) is 14.3. The van der Waals surface area contributed by atoms with Gasteiger partial charge in [-0.15, -0.1) is 10.2 Å². The van der Waals surface area contributed by atoms with E-state index in [1.807, 2.05) is 13.0 Å². The molecular weight excluding hydrogens is 340 g/mol. The molecule has 2 heterocycles. The summed E-state index contributed by atoms with van der Waals surface area (Å²) in [4.78, 5) is 4.18. The Kier molecular flexibility index (Phi) is 3.74. The van der Waals surface area contributed by atoms with Gasteiger partial charge in [-0.25, -0.2) is 0 Å². The van der Waals surface area contributed by atoms with Crippen LogP contribution in [0.15, 0.2) is 36.7 Å². The highest BCUT2D eigenvalue weighted by atomic mass is 35.5. The quantitative estimate of drug-likeness (QED) is 0.666. The normalized spacial score (nSPS) is 22.6. The molecule has 0 bridgehead atoms. The topological polar surface area (TPSA) is 91.2 Å². The van der Waals surface area contributed by atoms with Crippen LogP contribution in [0.4, 0.5) is 5.82 Å². The summed E-state index contributed by atoms with van der Waals surface area (Å²) in [6.07, 6.45) is 4.73. The molecule has 0 atom stereocenters. The Labute approximate surface area is 149 Å². The van der Waals surface area contributed by atoms with E-state index in [9.17, 15) is 10.2 Å². The zero-order valence-electron chi connectivity index (χ0n) is 13.6. The number of phenolic OH excluding ortho intramolecular Hbond substituents is 1. The molecule has 0 radical (unpaired) electrons. The van der Waals surface area contributed by atoms with Crippen molar-refractivity contribution in [3.63, 3.8) is 0 Å². The van der Waals surface area contributed by atoms with Crippen LogP contribution in [0.1, 0.15) is 19.8 Å². The van der Waals surface area contributed by atoms with Crippen molar-refractivity contribution >= 4 is 28.2 Å². The Morgan fingerprint density at radius 2 is 2.00 bits per heavy atom. The van der Waals surface area contributed by atoms with Crippen molar-refractivity contribution in [3.8, 4) is 17.0 Å². The van der Waals surface area contributed by atoms with Gasteiger partial charge in [0.15, 0.2) is 5.82 Å². The number of aliphatic hydroxyl groups is 1. The summed E-state index contributed by atoms with van der Waals surface area (Å²) < 4.78 is 0. The molecule has 0 saturated heterocycles. The summed E-state index contributed by atoms with van der Waals surface area (Å²) in [5.74, 6) is 0.677. The number of fused-ring (bicyclic) bond motifs is 1. The lowest BCUT2D eigenvalue weighted by Gasteiger charge is -2.41. The molecule has 3 N–H and O–H groups in total. The van der Waals surface area contributed by atoms with Crippen LogP contribution in [0.2, 0.25) is 5.02 Å². The first kappa shape index (κ1) is 16.1. The van der Waals surface area contributed by atoms with E-state index < -0.39 is 5.60 Å². The molecule has 1 aliphatic rings. The minimum absolute atomic E-state index is 0.0515. The van der Waals surface area contributed by atoms with Crippen LogP contribution in [0.3, 0.4) is 0 Å². The second-order valence-electron chi connectivity index (χ2n) is 6.73. The number of aromatic hydroxyl groups is 1. The standard InChI is InChI=1S/C18H17ClN4O2/c1-18(25)7-11(8-18)21-17-14-9-20-5-4-12(14)16(22-23-17)13-3-2-10(19)6-15(13)24/h2-6,9,11,24-25H,7-8H2,1H3,(H,21,23)/t11-,18+. The number of nitrogens with one attached hydrogen (secondary N) is 1. The molecule has 1 saturated carbocycles. The Hall–Kier alpha value is -2.44. The average Bonchev–Trinajstić information content (AvgIpc) is 2.54. The SMILES string of the molecule is C[C@]1(O)C[C@@H](Nc2nnc(-c3ccc(Cl)cc3O)c3ccncc23)C1. The van der Waals surface area contributed by atoms with Crippen molar-refractivity contribution in [2.24, 2.45) is 0 Å². The highest BCUT2D eigenvalue weighted by Crippen LogP contribution is 2.37. The number of hydrogen-bond donors (Lipinski definition) is 3. The van der Waals surface area contributed by atoms with Crippen molar-refractivity contribution in [1.82, 2.24) is 15.2 Å². The maximum absolute atomic E-state index is 10.2. The summed E-state index contributed by atoms with van der Waals surface area (Å²) >= 11 is 5.91. The highest BCUT2D eigenvalue weighted by Gasteiger charge is 2.38. The van der Waals surface area contributed by atoms with E-state index in [1.54, 1.807) is 24.5 Å². The van der Waals surface area contributed by atoms with Crippen LogP contribution in [0.5, 0.6) is 5.75 Å². The fourth-order valence-electron chi connectivity index (χ4n) is 3.31. The first-order chi connectivity index (χ1) is 11.9. The van der Waals surface area contributed by atoms with Crippen molar-refractivity contribution in [2.45, 2.75) is 31.4 Å². The molecule has 1 fully saturated rings. The lowest BCUT2D eigenvalue weighted by Crippen LogP contribution is -2.48. The molecule has 25 heavy (non-hydrogen) atoms. The van der Waals surface area contributed by atoms with E-state index >= 15 is 0 Å². The number of nitrogens with zero attached hydrogens (tertiary/aromatic N) is 3. The van der Waals surface area contributed by atoms with Gasteiger partial charge < -0.3 is 15.5 Å². The van der Waals surface area contributed by atoms with Crippen LogP contribution in [-0.4, -0.2) is 37.0 Å². The molecular formula is C18H17ClN4O2. The van der Waals surface area contributed by atoms with E-state index in [2.05, 4.69) is 20.5 Å². The number of pyridine rings is 1. The summed E-state index contributed by atoms with van der Waals surface area (Å²) in [5.41, 5.74) is 0.512. The van der Waals surface area contributed by atoms with E-state index in [0.717, 1.165) is 10.8 Å². The van der Waals surface area contributed by atoms with Gasteiger partial charge in [-0.3, -0.25) is 4.98 Å². The number of hydrogen-bond acceptors (Lipinski definition) is 6. The number of aromatic nitrogens is 3. The Balaban J connectivity index is 1.77. The molecule has 128 valence electrons. The van der Waals surface area contributed by atoms with Gasteiger partial charge in [-0.1, -0.05) is 11.6 Å². The second-order valence-corrected chi connectivity index (χ2v) is 7.16. The first-order valence-corrected chi connectivity index (χ1v) is 8.39. The lowest BCUT2D eigenvalue weighted by atomic mass is 9.77. The Morgan fingerprint density at radius 3 is 2.72 bits per heavy atom. The maximum Gasteiger partial charge on any atom is 0.158 e. The molecule has 0 aliphatic heterocycles. The van der Waals surface area contributed by atoms with E-state index in [0.29, 0.717) is 34.9 Å². The smallest absolute Gasteiger partial charge is 0.158 e. The van der Waals surface area contributed by atoms with Gasteiger partial charge in [-0.2, -0.15) is 0 Å². The highest BCUT2D eigenvalue weighted by molar-refractivity contribution is 6.30. The second kappa shape index (κ2) is 5.82. The lowest BCUT2D eigenvalue weighted by molar-refractivity contribution is -0.0235. The van der Waals surface area contributed by atoms with Gasteiger partial charge in [0.1, 0.15) is 11.4 Å². The number of phenols is 1. The predicted molar refractivity (Wildman–Crippen MR) is 96.7 cm³/mol. The summed E-state index contributed by atoms with van der Waals surface area (Å²) in [6, 6.07) is 6.90. The molecule has 7 heteroatoms. The third-order valence-electron chi connectivity index (χ3n) is 4.51. The largest absolute Gasteiger partial charge is 0.507 e. The van der Waals surface area contributed by atoms with Crippen LogP contribution in [-0.2, 0) is 0 Å². The van der Waals surface area contributed by atoms with Crippen molar-refractivity contribution in [1.29, 1.82) is 0 Å². The summed E-state index contributed by atoms with van der Waals surface area (Å²) in [5, 5.41) is 34.1. The number of anilines is 1. The van der Waals surface area contributed by atoms with E-state index in [4.69, 9.17) is 11.6 Å². The Morgan fingerprint density at radius 1 is 1.20 bits per heavy atom. The molecule has 4 rings (SSSR count). The van der Waals surface area contributed by atoms with Gasteiger partial charge in [0.05, 0.1) is 5.60 Å². The summed E-state index contributed by atoms with van der Waals surface area (Å²) in [6.45, 7) is 1.82. The first-order valence-electron chi connectivity index (χ1n) is 8.01. The van der Waals surface area contributed by atoms with E-state index in [1.165, 1.54) is 6.07 Å². The van der Waals surface area contributed by atoms with Gasteiger partial charge in [-0.05, 0) is 44.0 Å². The third kappa shape index (κ3) is 2.99. The third-order valence-corrected chi connectivity index (χ3v) is 4.74. The van der Waals surface area contributed by atoms with E-state index in [-0.39, 0.29) is 11.8 Å². The molecule has 2 aromatic heterocycles. The number of benzene rings is 1. The fraction of sp³-hybridized carbons (Fsp3) is 0.278. The van der Waals surface area contributed by atoms with Crippen molar-refractivity contribution in [2.75, 3.05) is 5.32 Å². The molecule has 0 amide bonds. The van der Waals surface area contributed by atoms with Gasteiger partial charge in [0.25, 0.3) is 0 Å². The van der Waals surface area contributed by atoms with Crippen molar-refractivity contribution in [3.05, 3.63) is 41.7 Å².